The van der Waals surface area contributed by atoms with Crippen LogP contribution in [-0.2, 0) is 0 Å². The van der Waals surface area contributed by atoms with Crippen molar-refractivity contribution in [2.75, 3.05) is 0 Å². The summed E-state index contributed by atoms with van der Waals surface area (Å²) in [5.74, 6) is 0.422. The lowest BCUT2D eigenvalue weighted by Gasteiger charge is -2.25. The summed E-state index contributed by atoms with van der Waals surface area (Å²) in [7, 11) is 0. The van der Waals surface area contributed by atoms with Crippen LogP contribution < -0.4 is 10.5 Å². The highest BCUT2D eigenvalue weighted by atomic mass is 35.5. The molecule has 1 atom stereocenters. The molecule has 1 aliphatic heterocycles. The number of para-hydroxylation sites is 1. The van der Waals surface area contributed by atoms with Crippen LogP contribution in [-0.4, -0.2) is 9.78 Å². The molecule has 0 bridgehead atoms. The first-order chi connectivity index (χ1) is 13.5. The number of nitrogens with two attached hydrogens (primary N) is 1. The van der Waals surface area contributed by atoms with Gasteiger partial charge in [0.25, 0.3) is 0 Å². The van der Waals surface area contributed by atoms with E-state index in [4.69, 9.17) is 27.2 Å². The molecule has 2 aromatic carbocycles. The van der Waals surface area contributed by atoms with E-state index in [1.165, 1.54) is 0 Å². The number of allylic oxidation sites excluding steroid dienone is 1. The van der Waals surface area contributed by atoms with Gasteiger partial charge in [-0.3, -0.25) is 0 Å². The zero-order chi connectivity index (χ0) is 19.8. The Hall–Kier alpha value is -3.23. The SMILES string of the molecule is CC(C)c1nn(-c2ccccc2)c2c1C(c1ccc(Cl)cc1)C(C#N)=C(N)O2. The lowest BCUT2D eigenvalue weighted by Crippen LogP contribution is -2.22. The average Bonchev–Trinajstić information content (AvgIpc) is 3.07. The summed E-state index contributed by atoms with van der Waals surface area (Å²) in [6.07, 6.45) is 0. The molecule has 0 aliphatic carbocycles. The zero-order valence-electron chi connectivity index (χ0n) is 15.6. The van der Waals surface area contributed by atoms with Crippen molar-refractivity contribution in [2.24, 2.45) is 5.73 Å². The normalized spacial score (nSPS) is 15.9. The van der Waals surface area contributed by atoms with Crippen LogP contribution in [0.5, 0.6) is 5.88 Å². The molecule has 1 aromatic heterocycles. The van der Waals surface area contributed by atoms with Gasteiger partial charge in [-0.15, -0.1) is 0 Å². The van der Waals surface area contributed by atoms with E-state index in [0.29, 0.717) is 16.5 Å². The molecule has 3 aromatic rings. The third kappa shape index (κ3) is 2.92. The number of benzene rings is 2. The van der Waals surface area contributed by atoms with Crippen LogP contribution in [0, 0.1) is 11.3 Å². The topological polar surface area (TPSA) is 76.9 Å². The maximum atomic E-state index is 9.81. The van der Waals surface area contributed by atoms with Crippen LogP contribution in [0.1, 0.15) is 42.5 Å². The minimum absolute atomic E-state index is 0.0994. The first kappa shape index (κ1) is 18.1. The summed E-state index contributed by atoms with van der Waals surface area (Å²) < 4.78 is 7.69. The average molecular weight is 391 g/mol. The Kier molecular flexibility index (Phi) is 4.58. The number of hydrogen-bond donors (Lipinski definition) is 1. The molecule has 0 saturated carbocycles. The quantitative estimate of drug-likeness (QED) is 0.692. The van der Waals surface area contributed by atoms with E-state index in [1.807, 2.05) is 54.6 Å². The fourth-order valence-electron chi connectivity index (χ4n) is 3.52. The summed E-state index contributed by atoms with van der Waals surface area (Å²) in [5, 5.41) is 15.3. The standard InChI is InChI=1S/C22H19ClN4O/c1-13(2)20-19-18(14-8-10-15(23)11-9-14)17(12-24)21(25)28-22(19)27(26-20)16-6-4-3-5-7-16/h3-11,13,18H,25H2,1-2H3. The number of halogens is 1. The predicted molar refractivity (Wildman–Crippen MR) is 108 cm³/mol. The van der Waals surface area contributed by atoms with Crippen molar-refractivity contribution in [3.8, 4) is 17.6 Å². The first-order valence-electron chi connectivity index (χ1n) is 9.02. The van der Waals surface area contributed by atoms with E-state index >= 15 is 0 Å². The van der Waals surface area contributed by atoms with Crippen LogP contribution in [0.25, 0.3) is 5.69 Å². The molecule has 2 N–H and O–H groups in total. The maximum absolute atomic E-state index is 9.81. The van der Waals surface area contributed by atoms with Gasteiger partial charge >= 0.3 is 0 Å². The van der Waals surface area contributed by atoms with Gasteiger partial charge in [-0.2, -0.15) is 10.4 Å². The van der Waals surface area contributed by atoms with E-state index < -0.39 is 0 Å². The Balaban J connectivity index is 2.01. The molecule has 6 heteroatoms. The van der Waals surface area contributed by atoms with Crippen molar-refractivity contribution in [2.45, 2.75) is 25.7 Å². The van der Waals surface area contributed by atoms with Gasteiger partial charge < -0.3 is 10.5 Å². The second-order valence-electron chi connectivity index (χ2n) is 6.98. The van der Waals surface area contributed by atoms with Crippen molar-refractivity contribution in [3.05, 3.63) is 87.9 Å². The zero-order valence-corrected chi connectivity index (χ0v) is 16.3. The second kappa shape index (κ2) is 7.06. The molecule has 4 rings (SSSR count). The number of nitrogens with zero attached hydrogens (tertiary/aromatic N) is 3. The van der Waals surface area contributed by atoms with Crippen molar-refractivity contribution >= 4 is 11.6 Å². The Morgan fingerprint density at radius 1 is 1.14 bits per heavy atom. The minimum Gasteiger partial charge on any atom is -0.422 e. The molecule has 1 unspecified atom stereocenters. The fraction of sp³-hybridized carbons (Fsp3) is 0.182. The molecule has 1 aliphatic rings. The largest absolute Gasteiger partial charge is 0.422 e. The molecule has 0 spiro atoms. The summed E-state index contributed by atoms with van der Waals surface area (Å²) in [6, 6.07) is 19.4. The highest BCUT2D eigenvalue weighted by Crippen LogP contribution is 2.46. The van der Waals surface area contributed by atoms with Crippen LogP contribution in [0.4, 0.5) is 0 Å². The molecule has 5 nitrogen and oxygen atoms in total. The van der Waals surface area contributed by atoms with Crippen molar-refractivity contribution in [1.29, 1.82) is 5.26 Å². The van der Waals surface area contributed by atoms with Gasteiger partial charge in [-0.25, -0.2) is 4.68 Å². The van der Waals surface area contributed by atoms with Gasteiger partial charge in [0.05, 0.1) is 22.9 Å². The monoisotopic (exact) mass is 390 g/mol. The second-order valence-corrected chi connectivity index (χ2v) is 7.42. The molecule has 28 heavy (non-hydrogen) atoms. The Morgan fingerprint density at radius 3 is 2.43 bits per heavy atom. The van der Waals surface area contributed by atoms with Gasteiger partial charge in [-0.1, -0.05) is 55.8 Å². The molecular weight excluding hydrogens is 372 g/mol. The maximum Gasteiger partial charge on any atom is 0.229 e. The van der Waals surface area contributed by atoms with E-state index in [2.05, 4.69) is 19.9 Å². The number of nitriles is 1. The van der Waals surface area contributed by atoms with E-state index in [0.717, 1.165) is 22.5 Å². The molecule has 0 fully saturated rings. The van der Waals surface area contributed by atoms with Crippen LogP contribution >= 0.6 is 11.6 Å². The van der Waals surface area contributed by atoms with Gasteiger partial charge in [0, 0.05) is 5.02 Å². The number of hydrogen-bond acceptors (Lipinski definition) is 4. The Morgan fingerprint density at radius 2 is 1.82 bits per heavy atom. The van der Waals surface area contributed by atoms with Gasteiger partial charge in [0.15, 0.2) is 0 Å². The van der Waals surface area contributed by atoms with Crippen molar-refractivity contribution in [1.82, 2.24) is 9.78 Å². The summed E-state index contributed by atoms with van der Waals surface area (Å²) >= 11 is 6.07. The molecule has 2 heterocycles. The molecule has 0 amide bonds. The highest BCUT2D eigenvalue weighted by Gasteiger charge is 2.37. The van der Waals surface area contributed by atoms with Gasteiger partial charge in [0.2, 0.25) is 11.8 Å². The number of aromatic nitrogens is 2. The number of rotatable bonds is 3. The minimum atomic E-state index is -0.360. The van der Waals surface area contributed by atoms with E-state index in [-0.39, 0.29) is 17.7 Å². The summed E-state index contributed by atoms with van der Waals surface area (Å²) in [6.45, 7) is 4.15. The summed E-state index contributed by atoms with van der Waals surface area (Å²) in [4.78, 5) is 0. The first-order valence-corrected chi connectivity index (χ1v) is 9.40. The van der Waals surface area contributed by atoms with Crippen LogP contribution in [0.3, 0.4) is 0 Å². The predicted octanol–water partition coefficient (Wildman–Crippen LogP) is 4.87. The fourth-order valence-corrected chi connectivity index (χ4v) is 3.65. The third-order valence-corrected chi connectivity index (χ3v) is 5.08. The molecular formula is C22H19ClN4O. The van der Waals surface area contributed by atoms with E-state index in [1.54, 1.807) is 4.68 Å². The van der Waals surface area contributed by atoms with Crippen LogP contribution in [0.2, 0.25) is 5.02 Å². The summed E-state index contributed by atoms with van der Waals surface area (Å²) in [5.41, 5.74) is 10.1. The highest BCUT2D eigenvalue weighted by molar-refractivity contribution is 6.30. The number of fused-ring (bicyclic) bond motifs is 1. The third-order valence-electron chi connectivity index (χ3n) is 4.83. The van der Waals surface area contributed by atoms with Crippen molar-refractivity contribution in [3.63, 3.8) is 0 Å². The lowest BCUT2D eigenvalue weighted by molar-refractivity contribution is 0.367. The van der Waals surface area contributed by atoms with Crippen molar-refractivity contribution < 1.29 is 4.74 Å². The van der Waals surface area contributed by atoms with Crippen LogP contribution in [0.15, 0.2) is 66.1 Å². The van der Waals surface area contributed by atoms with E-state index in [9.17, 15) is 5.26 Å². The molecule has 0 radical (unpaired) electrons. The van der Waals surface area contributed by atoms with Gasteiger partial charge in [-0.05, 0) is 35.7 Å². The lowest BCUT2D eigenvalue weighted by atomic mass is 9.82. The Bertz CT molecular complexity index is 1090. The molecule has 0 saturated heterocycles. The van der Waals surface area contributed by atoms with Gasteiger partial charge in [0.1, 0.15) is 11.6 Å². The smallest absolute Gasteiger partial charge is 0.229 e. The Labute approximate surface area is 168 Å². The molecule has 140 valence electrons. The number of ether oxygens (including phenoxy) is 1.